The van der Waals surface area contributed by atoms with E-state index < -0.39 is 0 Å². The maximum Gasteiger partial charge on any atom is 0.319 e. The zero-order chi connectivity index (χ0) is 16.8. The molecule has 4 nitrogen and oxygen atoms in total. The Bertz CT molecular complexity index is 664. The highest BCUT2D eigenvalue weighted by atomic mass is 16.5. The summed E-state index contributed by atoms with van der Waals surface area (Å²) in [5.41, 5.74) is 1.96. The van der Waals surface area contributed by atoms with Gasteiger partial charge in [0.1, 0.15) is 5.75 Å². The number of carbonyl (C=O) groups is 1. The van der Waals surface area contributed by atoms with Crippen molar-refractivity contribution in [3.8, 4) is 5.75 Å². The summed E-state index contributed by atoms with van der Waals surface area (Å²) in [6, 6.07) is 17.8. The number of benzene rings is 2. The third-order valence-corrected chi connectivity index (χ3v) is 4.33. The Hall–Kier alpha value is -2.49. The summed E-state index contributed by atoms with van der Waals surface area (Å²) in [6.07, 6.45) is 4.05. The van der Waals surface area contributed by atoms with Gasteiger partial charge in [-0.1, -0.05) is 30.3 Å². The number of nitrogens with one attached hydrogen (secondary N) is 2. The standard InChI is InChI=1S/C20H24N2O2/c1-15-6-5-7-17(14-15)22-20(23)21-16-10-12-19(13-11-16)24-18-8-3-2-4-9-18/h2-9,14,16,19H,10-13H2,1H3,(H2,21,22,23)/t16-,19-. The fourth-order valence-electron chi connectivity index (χ4n) is 3.09. The molecule has 1 fully saturated rings. The average Bonchev–Trinajstić information content (AvgIpc) is 2.57. The Kier molecular flexibility index (Phi) is 5.36. The molecule has 0 aliphatic heterocycles. The summed E-state index contributed by atoms with van der Waals surface area (Å²) in [5, 5.41) is 5.97. The van der Waals surface area contributed by atoms with Gasteiger partial charge in [-0.2, -0.15) is 0 Å². The molecule has 0 aromatic heterocycles. The monoisotopic (exact) mass is 324 g/mol. The Balaban J connectivity index is 1.42. The number of hydrogen-bond acceptors (Lipinski definition) is 2. The van der Waals surface area contributed by atoms with E-state index in [9.17, 15) is 4.79 Å². The Labute approximate surface area is 143 Å². The first kappa shape index (κ1) is 16.4. The van der Waals surface area contributed by atoms with E-state index in [1.807, 2.05) is 61.5 Å². The second-order valence-corrected chi connectivity index (χ2v) is 6.37. The summed E-state index contributed by atoms with van der Waals surface area (Å²) in [4.78, 5) is 12.1. The first-order valence-electron chi connectivity index (χ1n) is 8.55. The lowest BCUT2D eigenvalue weighted by Gasteiger charge is -2.29. The normalized spacial score (nSPS) is 20.2. The molecule has 0 atom stereocenters. The molecule has 2 aromatic carbocycles. The summed E-state index contributed by atoms with van der Waals surface area (Å²) < 4.78 is 5.99. The Morgan fingerprint density at radius 3 is 2.46 bits per heavy atom. The molecule has 0 heterocycles. The van der Waals surface area contributed by atoms with E-state index in [0.717, 1.165) is 42.7 Å². The van der Waals surface area contributed by atoms with E-state index in [0.29, 0.717) is 0 Å². The van der Waals surface area contributed by atoms with Crippen LogP contribution < -0.4 is 15.4 Å². The van der Waals surface area contributed by atoms with E-state index in [2.05, 4.69) is 10.6 Å². The van der Waals surface area contributed by atoms with E-state index in [1.165, 1.54) is 0 Å². The van der Waals surface area contributed by atoms with Gasteiger partial charge in [0, 0.05) is 11.7 Å². The van der Waals surface area contributed by atoms with Gasteiger partial charge in [0.15, 0.2) is 0 Å². The predicted molar refractivity (Wildman–Crippen MR) is 96.4 cm³/mol. The maximum atomic E-state index is 12.1. The molecule has 1 aliphatic rings. The minimum absolute atomic E-state index is 0.131. The van der Waals surface area contributed by atoms with Gasteiger partial charge >= 0.3 is 6.03 Å². The van der Waals surface area contributed by atoms with Crippen LogP contribution in [0.5, 0.6) is 5.75 Å². The third kappa shape index (κ3) is 4.75. The molecule has 24 heavy (non-hydrogen) atoms. The van der Waals surface area contributed by atoms with E-state index in [1.54, 1.807) is 0 Å². The number of para-hydroxylation sites is 1. The number of ether oxygens (including phenoxy) is 1. The van der Waals surface area contributed by atoms with Gasteiger partial charge < -0.3 is 15.4 Å². The molecule has 3 rings (SSSR count). The fraction of sp³-hybridized carbons (Fsp3) is 0.350. The number of carbonyl (C=O) groups excluding carboxylic acids is 1. The number of amides is 2. The first-order chi connectivity index (χ1) is 11.7. The Morgan fingerprint density at radius 2 is 1.75 bits per heavy atom. The molecule has 0 bridgehead atoms. The molecule has 0 saturated heterocycles. The smallest absolute Gasteiger partial charge is 0.319 e. The molecule has 4 heteroatoms. The van der Waals surface area contributed by atoms with Crippen molar-refractivity contribution in [2.45, 2.75) is 44.8 Å². The van der Waals surface area contributed by atoms with Crippen LogP contribution in [0.4, 0.5) is 10.5 Å². The van der Waals surface area contributed by atoms with Crippen LogP contribution in [0, 0.1) is 6.92 Å². The van der Waals surface area contributed by atoms with Crippen LogP contribution in [0.15, 0.2) is 54.6 Å². The van der Waals surface area contributed by atoms with Crippen LogP contribution in [0.1, 0.15) is 31.2 Å². The average molecular weight is 324 g/mol. The SMILES string of the molecule is Cc1cccc(NC(=O)N[C@H]2CC[C@H](Oc3ccccc3)CC2)c1. The molecule has 0 spiro atoms. The fourth-order valence-corrected chi connectivity index (χ4v) is 3.09. The number of anilines is 1. The number of aryl methyl sites for hydroxylation is 1. The molecule has 2 amide bonds. The first-order valence-corrected chi connectivity index (χ1v) is 8.55. The molecule has 1 saturated carbocycles. The number of urea groups is 1. The van der Waals surface area contributed by atoms with Crippen molar-refractivity contribution in [1.29, 1.82) is 0 Å². The number of hydrogen-bond donors (Lipinski definition) is 2. The lowest BCUT2D eigenvalue weighted by atomic mass is 9.93. The van der Waals surface area contributed by atoms with Crippen LogP contribution in [-0.4, -0.2) is 18.2 Å². The van der Waals surface area contributed by atoms with Crippen molar-refractivity contribution >= 4 is 11.7 Å². The summed E-state index contributed by atoms with van der Waals surface area (Å²) >= 11 is 0. The largest absolute Gasteiger partial charge is 0.490 e. The maximum absolute atomic E-state index is 12.1. The molecule has 1 aliphatic carbocycles. The molecule has 2 N–H and O–H groups in total. The second kappa shape index (κ2) is 7.86. The van der Waals surface area contributed by atoms with Gasteiger partial charge in [-0.15, -0.1) is 0 Å². The molecule has 0 radical (unpaired) electrons. The van der Waals surface area contributed by atoms with Crippen LogP contribution in [-0.2, 0) is 0 Å². The molecule has 126 valence electrons. The van der Waals surface area contributed by atoms with Crippen molar-refractivity contribution in [1.82, 2.24) is 5.32 Å². The highest BCUT2D eigenvalue weighted by Crippen LogP contribution is 2.23. The van der Waals surface area contributed by atoms with Gasteiger partial charge in [-0.05, 0) is 62.4 Å². The zero-order valence-electron chi connectivity index (χ0n) is 14.0. The second-order valence-electron chi connectivity index (χ2n) is 6.37. The summed E-state index contributed by atoms with van der Waals surface area (Å²) in [5.74, 6) is 0.922. The van der Waals surface area contributed by atoms with Crippen molar-refractivity contribution < 1.29 is 9.53 Å². The molecular weight excluding hydrogens is 300 g/mol. The Morgan fingerprint density at radius 1 is 1.00 bits per heavy atom. The van der Waals surface area contributed by atoms with Crippen LogP contribution in [0.25, 0.3) is 0 Å². The minimum atomic E-state index is -0.131. The van der Waals surface area contributed by atoms with E-state index in [-0.39, 0.29) is 18.2 Å². The van der Waals surface area contributed by atoms with Crippen molar-refractivity contribution in [2.24, 2.45) is 0 Å². The third-order valence-electron chi connectivity index (χ3n) is 4.33. The van der Waals surface area contributed by atoms with Crippen LogP contribution in [0.3, 0.4) is 0 Å². The highest BCUT2D eigenvalue weighted by Gasteiger charge is 2.23. The summed E-state index contributed by atoms with van der Waals surface area (Å²) in [7, 11) is 0. The van der Waals surface area contributed by atoms with Gasteiger partial charge in [-0.3, -0.25) is 0 Å². The highest BCUT2D eigenvalue weighted by molar-refractivity contribution is 5.89. The molecule has 0 unspecified atom stereocenters. The predicted octanol–water partition coefficient (Wildman–Crippen LogP) is 4.51. The molecule has 2 aromatic rings. The van der Waals surface area contributed by atoms with Gasteiger partial charge in [0.25, 0.3) is 0 Å². The quantitative estimate of drug-likeness (QED) is 0.869. The van der Waals surface area contributed by atoms with Crippen molar-refractivity contribution in [2.75, 3.05) is 5.32 Å². The van der Waals surface area contributed by atoms with Gasteiger partial charge in [-0.25, -0.2) is 4.79 Å². The molecular formula is C20H24N2O2. The minimum Gasteiger partial charge on any atom is -0.490 e. The summed E-state index contributed by atoms with van der Waals surface area (Å²) in [6.45, 7) is 2.01. The van der Waals surface area contributed by atoms with Gasteiger partial charge in [0.2, 0.25) is 0 Å². The lowest BCUT2D eigenvalue weighted by molar-refractivity contribution is 0.141. The lowest BCUT2D eigenvalue weighted by Crippen LogP contribution is -2.41. The van der Waals surface area contributed by atoms with Crippen LogP contribution in [0.2, 0.25) is 0 Å². The zero-order valence-corrected chi connectivity index (χ0v) is 14.0. The van der Waals surface area contributed by atoms with Crippen molar-refractivity contribution in [3.63, 3.8) is 0 Å². The van der Waals surface area contributed by atoms with Crippen LogP contribution >= 0.6 is 0 Å². The number of rotatable bonds is 4. The van der Waals surface area contributed by atoms with E-state index >= 15 is 0 Å². The van der Waals surface area contributed by atoms with Gasteiger partial charge in [0.05, 0.1) is 6.10 Å². The van der Waals surface area contributed by atoms with Crippen molar-refractivity contribution in [3.05, 3.63) is 60.2 Å². The topological polar surface area (TPSA) is 50.4 Å². The van der Waals surface area contributed by atoms with E-state index in [4.69, 9.17) is 4.74 Å².